The number of amides is 1. The van der Waals surface area contributed by atoms with Crippen LogP contribution in [0.15, 0.2) is 73.6 Å². The molecule has 12 heteroatoms. The van der Waals surface area contributed by atoms with Crippen LogP contribution in [0.2, 0.25) is 0 Å². The van der Waals surface area contributed by atoms with Gasteiger partial charge in [0, 0.05) is 50.6 Å². The van der Waals surface area contributed by atoms with E-state index in [1.807, 2.05) is 54.6 Å². The summed E-state index contributed by atoms with van der Waals surface area (Å²) >= 11 is 0. The Labute approximate surface area is 251 Å². The Morgan fingerprint density at radius 1 is 1.12 bits per heavy atom. The summed E-state index contributed by atoms with van der Waals surface area (Å²) in [6.45, 7) is 7.85. The number of anilines is 3. The number of nitrogens with zero attached hydrogens (tertiary/aromatic N) is 5. The zero-order chi connectivity index (χ0) is 30.0. The van der Waals surface area contributed by atoms with Gasteiger partial charge in [-0.15, -0.1) is 0 Å². The Morgan fingerprint density at radius 3 is 2.67 bits per heavy atom. The third-order valence-electron chi connectivity index (χ3n) is 8.02. The molecule has 0 saturated carbocycles. The minimum absolute atomic E-state index is 0.0381. The van der Waals surface area contributed by atoms with Gasteiger partial charge in [-0.25, -0.2) is 18.4 Å². The van der Waals surface area contributed by atoms with E-state index in [1.54, 1.807) is 13.4 Å². The van der Waals surface area contributed by atoms with Gasteiger partial charge in [0.1, 0.15) is 17.8 Å². The fourth-order valence-electron chi connectivity index (χ4n) is 5.64. The van der Waals surface area contributed by atoms with Crippen LogP contribution < -0.4 is 19.4 Å². The van der Waals surface area contributed by atoms with Crippen molar-refractivity contribution >= 4 is 44.2 Å². The van der Waals surface area contributed by atoms with Crippen LogP contribution in [0.25, 0.3) is 22.3 Å². The van der Waals surface area contributed by atoms with Crippen LogP contribution in [0.1, 0.15) is 12.0 Å². The number of rotatable bonds is 9. The second kappa shape index (κ2) is 12.1. The molecule has 2 N–H and O–H groups in total. The number of hydrogen-bond donors (Lipinski definition) is 2. The maximum absolute atomic E-state index is 13.4. The smallest absolute Gasteiger partial charge is 0.243 e. The van der Waals surface area contributed by atoms with Crippen molar-refractivity contribution in [2.45, 2.75) is 18.2 Å². The van der Waals surface area contributed by atoms with E-state index in [0.717, 1.165) is 59.9 Å². The standard InChI is InChI=1S/C31H35N7O4S/c1-3-29(39)34-24-11-12-38(19-24)26-6-4-5-22(17-26)20-43(40,41)36(2)25-9-7-23(8-10-25)28-18-27-30(35-28)32-21-33-31(27)37-13-15-42-16-14-37/h3-10,17-18,21,24H,1,11-16,19-20H2,2H3,(H,34,39)(H,32,33,35)/t24-/m0/s1. The average Bonchev–Trinajstić information content (AvgIpc) is 3.68. The molecule has 0 radical (unpaired) electrons. The summed E-state index contributed by atoms with van der Waals surface area (Å²) in [6.07, 6.45) is 3.66. The SMILES string of the molecule is C=CC(=O)N[C@H]1CCN(c2cccc(CS(=O)(=O)N(C)c3ccc(-c4cc5c(N6CCOCC6)ncnc5[nH]4)cc3)c2)C1. The fraction of sp³-hybridized carbons (Fsp3) is 0.323. The predicted octanol–water partition coefficient (Wildman–Crippen LogP) is 3.31. The Bertz CT molecular complexity index is 1730. The first-order valence-electron chi connectivity index (χ1n) is 14.3. The van der Waals surface area contributed by atoms with Crippen LogP contribution in [0.3, 0.4) is 0 Å². The van der Waals surface area contributed by atoms with E-state index >= 15 is 0 Å². The largest absolute Gasteiger partial charge is 0.378 e. The number of sulfonamides is 1. The second-order valence-corrected chi connectivity index (χ2v) is 12.8. The Balaban J connectivity index is 1.14. The summed E-state index contributed by atoms with van der Waals surface area (Å²) in [4.78, 5) is 28.3. The minimum atomic E-state index is -3.65. The third kappa shape index (κ3) is 6.20. The Morgan fingerprint density at radius 2 is 1.91 bits per heavy atom. The van der Waals surface area contributed by atoms with E-state index in [2.05, 4.69) is 36.6 Å². The Kier molecular flexibility index (Phi) is 8.04. The highest BCUT2D eigenvalue weighted by molar-refractivity contribution is 7.92. The molecule has 43 heavy (non-hydrogen) atoms. The quantitative estimate of drug-likeness (QED) is 0.280. The van der Waals surface area contributed by atoms with Gasteiger partial charge in [0.25, 0.3) is 0 Å². The molecule has 2 fully saturated rings. The van der Waals surface area contributed by atoms with Crippen LogP contribution in [-0.2, 0) is 25.3 Å². The molecule has 0 unspecified atom stereocenters. The van der Waals surface area contributed by atoms with Gasteiger partial charge in [-0.2, -0.15) is 0 Å². The molecule has 0 spiro atoms. The molecule has 1 amide bonds. The number of ether oxygens (including phenoxy) is 1. The number of morpholine rings is 1. The van der Waals surface area contributed by atoms with E-state index in [1.165, 1.54) is 10.4 Å². The maximum Gasteiger partial charge on any atom is 0.243 e. The number of fused-ring (bicyclic) bond motifs is 1. The van der Waals surface area contributed by atoms with Gasteiger partial charge in [-0.1, -0.05) is 30.8 Å². The number of H-pyrrole nitrogens is 1. The van der Waals surface area contributed by atoms with E-state index < -0.39 is 10.0 Å². The van der Waals surface area contributed by atoms with Crippen LogP contribution in [0.5, 0.6) is 0 Å². The van der Waals surface area contributed by atoms with E-state index in [-0.39, 0.29) is 17.7 Å². The van der Waals surface area contributed by atoms with Crippen LogP contribution in [-0.4, -0.2) is 81.8 Å². The molecular weight excluding hydrogens is 566 g/mol. The maximum atomic E-state index is 13.4. The molecule has 2 aromatic carbocycles. The Hall–Kier alpha value is -4.42. The molecule has 2 aromatic heterocycles. The first kappa shape index (κ1) is 28.7. The molecule has 4 aromatic rings. The van der Waals surface area contributed by atoms with Crippen LogP contribution in [0.4, 0.5) is 17.2 Å². The van der Waals surface area contributed by atoms with E-state index in [0.29, 0.717) is 31.0 Å². The highest BCUT2D eigenvalue weighted by atomic mass is 32.2. The zero-order valence-corrected chi connectivity index (χ0v) is 24.9. The summed E-state index contributed by atoms with van der Waals surface area (Å²) in [6, 6.07) is 17.1. The predicted molar refractivity (Wildman–Crippen MR) is 169 cm³/mol. The lowest BCUT2D eigenvalue weighted by atomic mass is 10.1. The van der Waals surface area contributed by atoms with Gasteiger partial charge < -0.3 is 24.8 Å². The molecule has 1 atom stereocenters. The van der Waals surface area contributed by atoms with Crippen molar-refractivity contribution in [3.63, 3.8) is 0 Å². The highest BCUT2D eigenvalue weighted by Gasteiger charge is 2.25. The number of aromatic nitrogens is 3. The lowest BCUT2D eigenvalue weighted by molar-refractivity contribution is -0.117. The van der Waals surface area contributed by atoms with Gasteiger partial charge in [-0.05, 0) is 54.0 Å². The van der Waals surface area contributed by atoms with Gasteiger partial charge in [-0.3, -0.25) is 9.10 Å². The lowest BCUT2D eigenvalue weighted by Crippen LogP contribution is -2.36. The normalized spacial score (nSPS) is 17.3. The van der Waals surface area contributed by atoms with Crippen LogP contribution in [0, 0.1) is 0 Å². The van der Waals surface area contributed by atoms with Crippen molar-refractivity contribution < 1.29 is 17.9 Å². The molecule has 2 aliphatic rings. The number of benzene rings is 2. The van der Waals surface area contributed by atoms with Crippen molar-refractivity contribution in [1.29, 1.82) is 0 Å². The van der Waals surface area contributed by atoms with Crippen molar-refractivity contribution in [3.8, 4) is 11.3 Å². The average molecular weight is 602 g/mol. The number of carbonyl (C=O) groups is 1. The minimum Gasteiger partial charge on any atom is -0.378 e. The molecule has 2 aliphatic heterocycles. The number of aromatic amines is 1. The summed E-state index contributed by atoms with van der Waals surface area (Å²) in [7, 11) is -2.07. The molecule has 0 bridgehead atoms. The summed E-state index contributed by atoms with van der Waals surface area (Å²) in [5.74, 6) is 0.566. The summed E-state index contributed by atoms with van der Waals surface area (Å²) in [5.41, 5.74) is 4.77. The first-order chi connectivity index (χ1) is 20.8. The number of carbonyl (C=O) groups excluding carboxylic acids is 1. The zero-order valence-electron chi connectivity index (χ0n) is 24.1. The summed E-state index contributed by atoms with van der Waals surface area (Å²) in [5, 5.41) is 3.88. The first-order valence-corrected chi connectivity index (χ1v) is 15.9. The van der Waals surface area contributed by atoms with Gasteiger partial charge in [0.05, 0.1) is 30.0 Å². The lowest BCUT2D eigenvalue weighted by Gasteiger charge is -2.27. The van der Waals surface area contributed by atoms with E-state index in [9.17, 15) is 13.2 Å². The van der Waals surface area contributed by atoms with Crippen molar-refractivity contribution in [2.24, 2.45) is 0 Å². The molecule has 11 nitrogen and oxygen atoms in total. The second-order valence-electron chi connectivity index (χ2n) is 10.8. The molecular formula is C31H35N7O4S. The molecule has 2 saturated heterocycles. The fourth-order valence-corrected chi connectivity index (χ4v) is 6.88. The molecule has 224 valence electrons. The molecule has 6 rings (SSSR count). The third-order valence-corrected chi connectivity index (χ3v) is 9.76. The topological polar surface area (TPSA) is 124 Å². The van der Waals surface area contributed by atoms with Crippen molar-refractivity contribution in [2.75, 3.05) is 60.5 Å². The number of hydrogen-bond acceptors (Lipinski definition) is 8. The highest BCUT2D eigenvalue weighted by Crippen LogP contribution is 2.31. The molecule has 4 heterocycles. The monoisotopic (exact) mass is 601 g/mol. The van der Waals surface area contributed by atoms with Crippen molar-refractivity contribution in [1.82, 2.24) is 20.3 Å². The van der Waals surface area contributed by atoms with Gasteiger partial charge >= 0.3 is 0 Å². The van der Waals surface area contributed by atoms with Gasteiger partial charge in [0.2, 0.25) is 15.9 Å². The van der Waals surface area contributed by atoms with Crippen molar-refractivity contribution in [3.05, 3.63) is 79.1 Å². The van der Waals surface area contributed by atoms with Gasteiger partial charge in [0.15, 0.2) is 0 Å². The van der Waals surface area contributed by atoms with Crippen LogP contribution >= 0.6 is 0 Å². The summed E-state index contributed by atoms with van der Waals surface area (Å²) < 4.78 is 33.6. The number of nitrogens with one attached hydrogen (secondary N) is 2. The van der Waals surface area contributed by atoms with E-state index in [4.69, 9.17) is 4.74 Å². The molecule has 0 aliphatic carbocycles.